The van der Waals surface area contributed by atoms with Crippen LogP contribution in [0.5, 0.6) is 0 Å². The zero-order valence-corrected chi connectivity index (χ0v) is 16.3. The molecule has 1 heterocycles. The Morgan fingerprint density at radius 2 is 1.90 bits per heavy atom. The lowest BCUT2D eigenvalue weighted by atomic mass is 9.76. The van der Waals surface area contributed by atoms with Crippen LogP contribution < -0.4 is 5.76 Å². The third-order valence-electron chi connectivity index (χ3n) is 5.16. The highest BCUT2D eigenvalue weighted by Crippen LogP contribution is 2.35. The first-order valence-corrected chi connectivity index (χ1v) is 9.67. The number of rotatable bonds is 6. The topological polar surface area (TPSA) is 68.1 Å². The minimum absolute atomic E-state index is 0.0399. The molecule has 0 saturated heterocycles. The average molecular weight is 387 g/mol. The van der Waals surface area contributed by atoms with Crippen molar-refractivity contribution in [2.45, 2.75) is 19.4 Å². The van der Waals surface area contributed by atoms with E-state index in [2.05, 4.69) is 58.0 Å². The lowest BCUT2D eigenvalue weighted by molar-refractivity contribution is 0.0376. The second-order valence-corrected chi connectivity index (χ2v) is 7.22. The summed E-state index contributed by atoms with van der Waals surface area (Å²) in [6.07, 6.45) is 8.97. The van der Waals surface area contributed by atoms with Crippen molar-refractivity contribution in [1.82, 2.24) is 10.1 Å². The Labute approximate surface area is 169 Å². The zero-order valence-electron chi connectivity index (χ0n) is 16.3. The molecule has 29 heavy (non-hydrogen) atoms. The van der Waals surface area contributed by atoms with Gasteiger partial charge in [0, 0.05) is 17.6 Å². The van der Waals surface area contributed by atoms with Gasteiger partial charge in [0.05, 0.1) is 6.10 Å². The van der Waals surface area contributed by atoms with Crippen molar-refractivity contribution in [2.24, 2.45) is 5.41 Å². The van der Waals surface area contributed by atoms with E-state index in [9.17, 15) is 4.79 Å². The maximum atomic E-state index is 11.3. The molecule has 0 aliphatic heterocycles. The molecule has 0 amide bonds. The number of nitrogens with one attached hydrogen (secondary N) is 1. The molecule has 1 aliphatic rings. The van der Waals surface area contributed by atoms with E-state index in [0.29, 0.717) is 12.4 Å². The molecule has 1 radical (unpaired) electrons. The summed E-state index contributed by atoms with van der Waals surface area (Å²) < 4.78 is 10.5. The van der Waals surface area contributed by atoms with Crippen molar-refractivity contribution in [3.05, 3.63) is 95.9 Å². The molecule has 5 heteroatoms. The number of H-pyrrole nitrogens is 1. The Hall–Kier alpha value is -3.18. The summed E-state index contributed by atoms with van der Waals surface area (Å²) in [4.78, 5) is 14.0. The Bertz CT molecular complexity index is 1090. The van der Waals surface area contributed by atoms with E-state index < -0.39 is 5.76 Å². The summed E-state index contributed by atoms with van der Waals surface area (Å²) in [6, 6.07) is 16.2. The van der Waals surface area contributed by atoms with E-state index in [0.717, 1.165) is 23.1 Å². The first kappa shape index (κ1) is 19.2. The highest BCUT2D eigenvalue weighted by molar-refractivity contribution is 5.80. The summed E-state index contributed by atoms with van der Waals surface area (Å²) in [6.45, 7) is 7.10. The monoisotopic (exact) mass is 387 g/mol. The molecule has 1 aromatic heterocycles. The van der Waals surface area contributed by atoms with Crippen LogP contribution in [0.4, 0.5) is 0 Å². The molecule has 1 N–H and O–H groups in total. The molecule has 5 nitrogen and oxygen atoms in total. The van der Waals surface area contributed by atoms with E-state index in [4.69, 9.17) is 4.74 Å². The van der Waals surface area contributed by atoms with Crippen molar-refractivity contribution in [1.29, 1.82) is 0 Å². The van der Waals surface area contributed by atoms with Crippen LogP contribution in [0.3, 0.4) is 0 Å². The number of aromatic amines is 1. The highest BCUT2D eigenvalue weighted by Gasteiger charge is 2.32. The lowest BCUT2D eigenvalue weighted by Gasteiger charge is -2.35. The normalized spacial score (nSPS) is 20.8. The summed E-state index contributed by atoms with van der Waals surface area (Å²) in [5.74, 6) is -0.144. The predicted octanol–water partition coefficient (Wildman–Crippen LogP) is 4.59. The molecule has 0 saturated carbocycles. The molecule has 1 aliphatic carbocycles. The maximum absolute atomic E-state index is 11.3. The SMILES string of the molecule is [CH2]C1(Cc2ccc(-c3ccccc3-c3noc(=O)[nH]3)cc2)C=CC=CC1OCC. The molecule has 2 atom stereocenters. The number of aromatic nitrogens is 2. The van der Waals surface area contributed by atoms with Crippen molar-refractivity contribution in [2.75, 3.05) is 6.61 Å². The molecule has 147 valence electrons. The van der Waals surface area contributed by atoms with Crippen LogP contribution in [0, 0.1) is 12.3 Å². The van der Waals surface area contributed by atoms with Crippen LogP contribution in [0.1, 0.15) is 12.5 Å². The second-order valence-electron chi connectivity index (χ2n) is 7.22. The molecule has 3 aromatic rings. The number of ether oxygens (including phenoxy) is 1. The van der Waals surface area contributed by atoms with Crippen LogP contribution in [-0.4, -0.2) is 22.9 Å². The fraction of sp³-hybridized carbons (Fsp3) is 0.208. The number of benzene rings is 2. The Kier molecular flexibility index (Phi) is 5.32. The van der Waals surface area contributed by atoms with Gasteiger partial charge in [0.15, 0.2) is 5.82 Å². The molecule has 0 bridgehead atoms. The third kappa shape index (κ3) is 4.00. The number of hydrogen-bond donors (Lipinski definition) is 1. The van der Waals surface area contributed by atoms with Crippen molar-refractivity contribution >= 4 is 0 Å². The quantitative estimate of drug-likeness (QED) is 0.672. The lowest BCUT2D eigenvalue weighted by Crippen LogP contribution is -2.35. The van der Waals surface area contributed by atoms with E-state index >= 15 is 0 Å². The molecule has 0 spiro atoms. The first-order valence-electron chi connectivity index (χ1n) is 9.67. The fourth-order valence-electron chi connectivity index (χ4n) is 3.73. The van der Waals surface area contributed by atoms with Crippen LogP contribution in [0.2, 0.25) is 0 Å². The van der Waals surface area contributed by atoms with Gasteiger partial charge in [-0.2, -0.15) is 0 Å². The Morgan fingerprint density at radius 3 is 2.59 bits per heavy atom. The minimum atomic E-state index is -0.565. The summed E-state index contributed by atoms with van der Waals surface area (Å²) >= 11 is 0. The van der Waals surface area contributed by atoms with Gasteiger partial charge in [0.25, 0.3) is 0 Å². The largest absolute Gasteiger partial charge is 0.439 e. The van der Waals surface area contributed by atoms with Gasteiger partial charge in [-0.15, -0.1) is 0 Å². The standard InChI is InChI=1S/C24H23N2O3/c1-3-28-21-10-6-7-15-24(21,2)16-17-11-13-18(14-12-17)19-8-4-5-9-20(19)22-25-23(27)29-26-22/h4-15,21H,2-3,16H2,1H3,(H,25,26,27). The summed E-state index contributed by atoms with van der Waals surface area (Å²) in [7, 11) is 0. The summed E-state index contributed by atoms with van der Waals surface area (Å²) in [5, 5.41) is 3.82. The van der Waals surface area contributed by atoms with Gasteiger partial charge in [-0.1, -0.05) is 78.0 Å². The molecule has 0 fully saturated rings. The van der Waals surface area contributed by atoms with Gasteiger partial charge in [-0.05, 0) is 37.0 Å². The molecular formula is C24H23N2O3. The molecule has 2 unspecified atom stereocenters. The van der Waals surface area contributed by atoms with Gasteiger partial charge in [-0.3, -0.25) is 9.51 Å². The van der Waals surface area contributed by atoms with E-state index in [1.54, 1.807) is 0 Å². The Balaban J connectivity index is 1.60. The Morgan fingerprint density at radius 1 is 1.14 bits per heavy atom. The average Bonchev–Trinajstić information content (AvgIpc) is 3.17. The third-order valence-corrected chi connectivity index (χ3v) is 5.16. The molecule has 4 rings (SSSR count). The van der Waals surface area contributed by atoms with Gasteiger partial charge in [-0.25, -0.2) is 4.79 Å². The van der Waals surface area contributed by atoms with E-state index in [-0.39, 0.29) is 11.5 Å². The number of nitrogens with zero attached hydrogens (tertiary/aromatic N) is 1. The van der Waals surface area contributed by atoms with Crippen molar-refractivity contribution < 1.29 is 9.26 Å². The van der Waals surface area contributed by atoms with Crippen molar-refractivity contribution in [3.63, 3.8) is 0 Å². The van der Waals surface area contributed by atoms with Gasteiger partial charge in [0.1, 0.15) is 0 Å². The highest BCUT2D eigenvalue weighted by atomic mass is 16.5. The van der Waals surface area contributed by atoms with Crippen LogP contribution in [0.15, 0.2) is 82.2 Å². The van der Waals surface area contributed by atoms with Gasteiger partial charge >= 0.3 is 5.76 Å². The van der Waals surface area contributed by atoms with Crippen LogP contribution >= 0.6 is 0 Å². The predicted molar refractivity (Wildman–Crippen MR) is 113 cm³/mol. The van der Waals surface area contributed by atoms with Crippen LogP contribution in [-0.2, 0) is 11.2 Å². The van der Waals surface area contributed by atoms with E-state index in [1.807, 2.05) is 43.3 Å². The van der Waals surface area contributed by atoms with Gasteiger partial charge < -0.3 is 4.74 Å². The number of allylic oxidation sites excluding steroid dienone is 2. The number of hydrogen-bond acceptors (Lipinski definition) is 4. The molecular weight excluding hydrogens is 364 g/mol. The summed E-state index contributed by atoms with van der Waals surface area (Å²) in [5.41, 5.74) is 3.68. The van der Waals surface area contributed by atoms with E-state index in [1.165, 1.54) is 5.56 Å². The van der Waals surface area contributed by atoms with Crippen LogP contribution in [0.25, 0.3) is 22.5 Å². The zero-order chi connectivity index (χ0) is 20.3. The first-order chi connectivity index (χ1) is 14.1. The maximum Gasteiger partial charge on any atom is 0.439 e. The second kappa shape index (κ2) is 8.05. The smallest absolute Gasteiger partial charge is 0.374 e. The fourth-order valence-corrected chi connectivity index (χ4v) is 3.73. The molecule has 2 aromatic carbocycles. The van der Waals surface area contributed by atoms with Crippen molar-refractivity contribution in [3.8, 4) is 22.5 Å². The minimum Gasteiger partial charge on any atom is -0.374 e. The van der Waals surface area contributed by atoms with Gasteiger partial charge in [0.2, 0.25) is 0 Å².